The first-order valence-corrected chi connectivity index (χ1v) is 10.2. The number of halogens is 1. The lowest BCUT2D eigenvalue weighted by molar-refractivity contribution is 0.0335. The summed E-state index contributed by atoms with van der Waals surface area (Å²) in [6.07, 6.45) is 2.24. The number of imidazole rings is 1. The van der Waals surface area contributed by atoms with Gasteiger partial charge in [-0.05, 0) is 43.0 Å². The van der Waals surface area contributed by atoms with Crippen LogP contribution in [0.4, 0.5) is 4.39 Å². The van der Waals surface area contributed by atoms with Crippen LogP contribution < -0.4 is 5.69 Å². The second-order valence-corrected chi connectivity index (χ2v) is 7.90. The Morgan fingerprint density at radius 2 is 2.00 bits per heavy atom. The second-order valence-electron chi connectivity index (χ2n) is 7.90. The zero-order chi connectivity index (χ0) is 20.0. The lowest BCUT2D eigenvalue weighted by Gasteiger charge is -2.40. The first-order chi connectivity index (χ1) is 14.1. The molecular formula is C20H24FN5O3. The van der Waals surface area contributed by atoms with Crippen molar-refractivity contribution in [1.82, 2.24) is 24.2 Å². The summed E-state index contributed by atoms with van der Waals surface area (Å²) < 4.78 is 27.6. The van der Waals surface area contributed by atoms with E-state index < -0.39 is 5.82 Å². The number of benzene rings is 1. The van der Waals surface area contributed by atoms with Crippen LogP contribution >= 0.6 is 0 Å². The van der Waals surface area contributed by atoms with Crippen LogP contribution in [0.3, 0.4) is 0 Å². The predicted molar refractivity (Wildman–Crippen MR) is 104 cm³/mol. The van der Waals surface area contributed by atoms with Crippen LogP contribution in [-0.4, -0.2) is 57.0 Å². The van der Waals surface area contributed by atoms with Crippen molar-refractivity contribution < 1.29 is 13.7 Å². The van der Waals surface area contributed by atoms with Gasteiger partial charge in [0.15, 0.2) is 0 Å². The van der Waals surface area contributed by atoms with Gasteiger partial charge in [-0.15, -0.1) is 0 Å². The molecule has 0 radical (unpaired) electrons. The first kappa shape index (κ1) is 18.5. The van der Waals surface area contributed by atoms with Gasteiger partial charge in [0.2, 0.25) is 5.89 Å². The zero-order valence-corrected chi connectivity index (χ0v) is 16.4. The molecule has 9 heteroatoms. The van der Waals surface area contributed by atoms with Crippen molar-refractivity contribution in [1.29, 1.82) is 0 Å². The summed E-state index contributed by atoms with van der Waals surface area (Å²) in [6, 6.07) is 4.28. The zero-order valence-electron chi connectivity index (χ0n) is 16.4. The fraction of sp³-hybridized carbons (Fsp3) is 0.550. The third-order valence-electron chi connectivity index (χ3n) is 6.00. The molecule has 0 N–H and O–H groups in total. The van der Waals surface area contributed by atoms with Crippen molar-refractivity contribution in [2.45, 2.75) is 32.2 Å². The van der Waals surface area contributed by atoms with Crippen LogP contribution in [-0.2, 0) is 11.3 Å². The van der Waals surface area contributed by atoms with E-state index in [4.69, 9.17) is 9.26 Å². The highest BCUT2D eigenvalue weighted by molar-refractivity contribution is 5.77. The maximum Gasteiger partial charge on any atom is 0.336 e. The van der Waals surface area contributed by atoms with Crippen molar-refractivity contribution in [3.05, 3.63) is 40.4 Å². The summed E-state index contributed by atoms with van der Waals surface area (Å²) >= 11 is 0. The van der Waals surface area contributed by atoms with Gasteiger partial charge < -0.3 is 14.2 Å². The van der Waals surface area contributed by atoms with Crippen molar-refractivity contribution in [2.75, 3.05) is 32.8 Å². The Bertz CT molecular complexity index is 1080. The summed E-state index contributed by atoms with van der Waals surface area (Å²) in [6.45, 7) is 6.88. The summed E-state index contributed by atoms with van der Waals surface area (Å²) in [4.78, 5) is 19.7. The smallest absolute Gasteiger partial charge is 0.336 e. The molecule has 2 aromatic heterocycles. The number of likely N-dealkylation sites (tertiary alicyclic amines) is 1. The Hall–Kier alpha value is -2.52. The van der Waals surface area contributed by atoms with E-state index in [1.807, 2.05) is 6.92 Å². The molecule has 29 heavy (non-hydrogen) atoms. The Balaban J connectivity index is 1.35. The SMILES string of the molecule is CCn1c(=O)n(-c2noc(C3CN(CC4CCOCC4)C3)n2)c2cc(F)ccc21. The number of ether oxygens (including phenoxy) is 1. The van der Waals surface area contributed by atoms with Gasteiger partial charge in [0.1, 0.15) is 5.82 Å². The third kappa shape index (κ3) is 3.28. The summed E-state index contributed by atoms with van der Waals surface area (Å²) in [7, 11) is 0. The minimum absolute atomic E-state index is 0.163. The van der Waals surface area contributed by atoms with E-state index in [0.29, 0.717) is 29.4 Å². The quantitative estimate of drug-likeness (QED) is 0.652. The number of aryl methyl sites for hydroxylation is 1. The highest BCUT2D eigenvalue weighted by atomic mass is 19.1. The van der Waals surface area contributed by atoms with E-state index in [-0.39, 0.29) is 17.6 Å². The van der Waals surface area contributed by atoms with E-state index in [1.165, 1.54) is 16.7 Å². The number of hydrogen-bond acceptors (Lipinski definition) is 6. The molecule has 0 atom stereocenters. The number of fused-ring (bicyclic) bond motifs is 1. The molecule has 1 aromatic carbocycles. The Kier molecular flexibility index (Phi) is 4.71. The Morgan fingerprint density at radius 1 is 1.21 bits per heavy atom. The van der Waals surface area contributed by atoms with E-state index in [9.17, 15) is 9.18 Å². The van der Waals surface area contributed by atoms with Gasteiger partial charge in [0.05, 0.1) is 17.0 Å². The molecule has 0 unspecified atom stereocenters. The first-order valence-electron chi connectivity index (χ1n) is 10.2. The fourth-order valence-corrected chi connectivity index (χ4v) is 4.38. The molecule has 154 valence electrons. The van der Waals surface area contributed by atoms with Crippen molar-refractivity contribution >= 4 is 11.0 Å². The average molecular weight is 401 g/mol. The normalized spacial score (nSPS) is 19.1. The van der Waals surface area contributed by atoms with Crippen LogP contribution in [0.5, 0.6) is 0 Å². The molecule has 2 aliphatic rings. The van der Waals surface area contributed by atoms with Gasteiger partial charge >= 0.3 is 5.69 Å². The van der Waals surface area contributed by atoms with Gasteiger partial charge in [-0.2, -0.15) is 4.98 Å². The molecule has 3 aromatic rings. The van der Waals surface area contributed by atoms with E-state index in [1.54, 1.807) is 10.6 Å². The van der Waals surface area contributed by atoms with Crippen molar-refractivity contribution in [3.63, 3.8) is 0 Å². The molecule has 2 aliphatic heterocycles. The minimum Gasteiger partial charge on any atom is -0.381 e. The second kappa shape index (κ2) is 7.38. The summed E-state index contributed by atoms with van der Waals surface area (Å²) in [5.74, 6) is 1.14. The van der Waals surface area contributed by atoms with Crippen LogP contribution in [0.15, 0.2) is 27.5 Å². The molecule has 0 bridgehead atoms. The maximum absolute atomic E-state index is 13.8. The molecular weight excluding hydrogens is 377 g/mol. The van der Waals surface area contributed by atoms with Crippen LogP contribution in [0.25, 0.3) is 17.0 Å². The molecule has 5 rings (SSSR count). The maximum atomic E-state index is 13.8. The third-order valence-corrected chi connectivity index (χ3v) is 6.00. The number of aromatic nitrogens is 4. The minimum atomic E-state index is -0.411. The molecule has 4 heterocycles. The standard InChI is InChI=1S/C20H24FN5O3/c1-2-25-16-4-3-15(21)9-17(16)26(20(25)27)19-22-18(29-23-19)14-11-24(12-14)10-13-5-7-28-8-6-13/h3-4,9,13-14H,2,5-8,10-12H2,1H3. The topological polar surface area (TPSA) is 78.3 Å². The lowest BCUT2D eigenvalue weighted by Crippen LogP contribution is -2.47. The van der Waals surface area contributed by atoms with Crippen LogP contribution in [0.1, 0.15) is 31.6 Å². The van der Waals surface area contributed by atoms with Crippen molar-refractivity contribution in [2.24, 2.45) is 5.92 Å². The monoisotopic (exact) mass is 401 g/mol. The van der Waals surface area contributed by atoms with Gasteiger partial charge in [0, 0.05) is 45.5 Å². The Morgan fingerprint density at radius 3 is 2.76 bits per heavy atom. The lowest BCUT2D eigenvalue weighted by atomic mass is 9.94. The molecule has 0 spiro atoms. The molecule has 0 amide bonds. The van der Waals surface area contributed by atoms with E-state index in [0.717, 1.165) is 45.7 Å². The number of hydrogen-bond donors (Lipinski definition) is 0. The fourth-order valence-electron chi connectivity index (χ4n) is 4.38. The van der Waals surface area contributed by atoms with Crippen LogP contribution in [0.2, 0.25) is 0 Å². The largest absolute Gasteiger partial charge is 0.381 e. The molecule has 8 nitrogen and oxygen atoms in total. The molecule has 2 saturated heterocycles. The Labute approximate surface area is 166 Å². The highest BCUT2D eigenvalue weighted by Gasteiger charge is 2.34. The molecule has 0 aliphatic carbocycles. The van der Waals surface area contributed by atoms with Crippen LogP contribution in [0, 0.1) is 11.7 Å². The molecule has 2 fully saturated rings. The predicted octanol–water partition coefficient (Wildman–Crippen LogP) is 2.16. The highest BCUT2D eigenvalue weighted by Crippen LogP contribution is 2.29. The van der Waals surface area contributed by atoms with Gasteiger partial charge in [-0.25, -0.2) is 13.8 Å². The van der Waals surface area contributed by atoms with Gasteiger partial charge in [0.25, 0.3) is 5.95 Å². The van der Waals surface area contributed by atoms with Gasteiger partial charge in [-0.3, -0.25) is 4.57 Å². The summed E-state index contributed by atoms with van der Waals surface area (Å²) in [5.41, 5.74) is 0.797. The van der Waals surface area contributed by atoms with E-state index >= 15 is 0 Å². The van der Waals surface area contributed by atoms with Gasteiger partial charge in [-0.1, -0.05) is 0 Å². The van der Waals surface area contributed by atoms with Crippen molar-refractivity contribution in [3.8, 4) is 5.95 Å². The van der Waals surface area contributed by atoms with E-state index in [2.05, 4.69) is 15.0 Å². The average Bonchev–Trinajstić information content (AvgIpc) is 3.26. The number of rotatable bonds is 5. The molecule has 0 saturated carbocycles. The summed E-state index contributed by atoms with van der Waals surface area (Å²) in [5, 5.41) is 4.02. The number of nitrogens with zero attached hydrogens (tertiary/aromatic N) is 5.